The number of nitrogens with zero attached hydrogens (tertiary/aromatic N) is 2. The van der Waals surface area contributed by atoms with Gasteiger partial charge in [0.25, 0.3) is 0 Å². The van der Waals surface area contributed by atoms with E-state index in [-0.39, 0.29) is 18.3 Å². The van der Waals surface area contributed by atoms with Gasteiger partial charge in [0.1, 0.15) is 0 Å². The van der Waals surface area contributed by atoms with Crippen LogP contribution in [0.1, 0.15) is 91.2 Å². The zero-order valence-electron chi connectivity index (χ0n) is 19.6. The van der Waals surface area contributed by atoms with Gasteiger partial charge in [-0.25, -0.2) is 0 Å². The van der Waals surface area contributed by atoms with E-state index in [2.05, 4.69) is 39.3 Å². The van der Waals surface area contributed by atoms with E-state index in [1.165, 1.54) is 57.1 Å². The molecule has 1 aliphatic carbocycles. The molecule has 3 rings (SSSR count). The molecule has 1 saturated carbocycles. The van der Waals surface area contributed by atoms with Crippen LogP contribution in [0.5, 0.6) is 0 Å². The minimum atomic E-state index is -0.337. The van der Waals surface area contributed by atoms with Crippen molar-refractivity contribution in [2.45, 2.75) is 110 Å². The third-order valence-electron chi connectivity index (χ3n) is 7.60. The van der Waals surface area contributed by atoms with Crippen LogP contribution < -0.4 is 5.46 Å². The summed E-state index contributed by atoms with van der Waals surface area (Å²) < 4.78 is 20.1. The molecule has 1 saturated heterocycles. The molecule has 2 aliphatic rings. The molecule has 0 spiro atoms. The Morgan fingerprint density at radius 3 is 2.21 bits per heavy atom. The van der Waals surface area contributed by atoms with Crippen LogP contribution in [0, 0.1) is 12.3 Å². The van der Waals surface area contributed by atoms with E-state index in [9.17, 15) is 0 Å². The number of methoxy groups -OCH3 is 1. The highest BCUT2D eigenvalue weighted by atomic mass is 16.7. The first-order valence-electron chi connectivity index (χ1n) is 11.6. The lowest BCUT2D eigenvalue weighted by atomic mass is 9.73. The van der Waals surface area contributed by atoms with Gasteiger partial charge in [-0.15, -0.1) is 0 Å². The smallest absolute Gasteiger partial charge is 0.399 e. The molecule has 0 unspecified atom stereocenters. The number of hydrogen-bond acceptors (Lipinski definition) is 4. The number of ether oxygens (including phenoxy) is 1. The molecule has 0 bridgehead atoms. The Bertz CT molecular complexity index is 647. The predicted octanol–water partition coefficient (Wildman–Crippen LogP) is 4.65. The first-order chi connectivity index (χ1) is 13.7. The molecule has 0 amide bonds. The Morgan fingerprint density at radius 1 is 1.03 bits per heavy atom. The summed E-state index contributed by atoms with van der Waals surface area (Å²) in [6.45, 7) is 12.4. The average Bonchev–Trinajstić information content (AvgIpc) is 3.07. The minimum Gasteiger partial charge on any atom is -0.399 e. The molecule has 2 heterocycles. The molecular formula is C23H41BN2O3. The second-order valence-corrected chi connectivity index (χ2v) is 10.3. The summed E-state index contributed by atoms with van der Waals surface area (Å²) >= 11 is 0. The van der Waals surface area contributed by atoms with Gasteiger partial charge in [0.05, 0.1) is 11.2 Å². The van der Waals surface area contributed by atoms with E-state index in [4.69, 9.17) is 19.1 Å². The Morgan fingerprint density at radius 2 is 1.62 bits per heavy atom. The van der Waals surface area contributed by atoms with Crippen molar-refractivity contribution < 1.29 is 14.0 Å². The normalized spacial score (nSPS) is 23.7. The van der Waals surface area contributed by atoms with E-state index >= 15 is 0 Å². The van der Waals surface area contributed by atoms with Crippen molar-refractivity contribution in [3.63, 3.8) is 0 Å². The van der Waals surface area contributed by atoms with Gasteiger partial charge in [0.2, 0.25) is 0 Å². The standard InChI is InChI=1S/C23H41BN2O3/c1-19-20(24-28-21(2,3)22(4,5)29-24)17-25-26(19)18-23(15-12-16-27-6)13-10-8-7-9-11-14-23/h17H,7-16,18H2,1-6H3. The summed E-state index contributed by atoms with van der Waals surface area (Å²) in [6, 6.07) is 0. The zero-order chi connectivity index (χ0) is 21.1. The lowest BCUT2D eigenvalue weighted by Gasteiger charge is -2.36. The third kappa shape index (κ3) is 5.08. The largest absolute Gasteiger partial charge is 0.498 e. The Labute approximate surface area is 178 Å². The minimum absolute atomic E-state index is 0.322. The molecule has 0 N–H and O–H groups in total. The average molecular weight is 404 g/mol. The molecule has 1 aromatic heterocycles. The fourth-order valence-electron chi connectivity index (χ4n) is 4.87. The van der Waals surface area contributed by atoms with Crippen LogP contribution in [0.2, 0.25) is 0 Å². The highest BCUT2D eigenvalue weighted by molar-refractivity contribution is 6.62. The highest BCUT2D eigenvalue weighted by Crippen LogP contribution is 2.40. The van der Waals surface area contributed by atoms with Crippen molar-refractivity contribution >= 4 is 12.6 Å². The van der Waals surface area contributed by atoms with Crippen molar-refractivity contribution in [3.8, 4) is 0 Å². The van der Waals surface area contributed by atoms with E-state index < -0.39 is 0 Å². The number of aromatic nitrogens is 2. The number of hydrogen-bond donors (Lipinski definition) is 0. The van der Waals surface area contributed by atoms with Crippen LogP contribution in [0.4, 0.5) is 0 Å². The summed E-state index contributed by atoms with van der Waals surface area (Å²) in [5.74, 6) is 0. The van der Waals surface area contributed by atoms with Crippen LogP contribution in [-0.2, 0) is 20.6 Å². The van der Waals surface area contributed by atoms with Crippen LogP contribution in [0.25, 0.3) is 0 Å². The molecular weight excluding hydrogens is 363 g/mol. The molecule has 5 nitrogen and oxygen atoms in total. The molecule has 0 radical (unpaired) electrons. The maximum absolute atomic E-state index is 6.28. The monoisotopic (exact) mass is 404 g/mol. The summed E-state index contributed by atoms with van der Waals surface area (Å²) in [7, 11) is 1.47. The summed E-state index contributed by atoms with van der Waals surface area (Å²) in [6.07, 6.45) is 13.7. The Kier molecular flexibility index (Phi) is 7.17. The fourth-order valence-corrected chi connectivity index (χ4v) is 4.87. The molecule has 0 atom stereocenters. The van der Waals surface area contributed by atoms with Crippen LogP contribution >= 0.6 is 0 Å². The van der Waals surface area contributed by atoms with E-state index in [0.717, 1.165) is 25.0 Å². The summed E-state index contributed by atoms with van der Waals surface area (Å²) in [4.78, 5) is 0. The summed E-state index contributed by atoms with van der Waals surface area (Å²) in [5, 5.41) is 4.80. The van der Waals surface area contributed by atoms with Crippen molar-refractivity contribution in [3.05, 3.63) is 11.9 Å². The fraction of sp³-hybridized carbons (Fsp3) is 0.870. The quantitative estimate of drug-likeness (QED) is 0.490. The first kappa shape index (κ1) is 22.8. The van der Waals surface area contributed by atoms with Crippen molar-refractivity contribution in [1.29, 1.82) is 0 Å². The SMILES string of the molecule is COCCCC1(Cn2ncc(B3OC(C)(C)C(C)(C)O3)c2C)CCCCCCC1. The highest BCUT2D eigenvalue weighted by Gasteiger charge is 2.52. The second-order valence-electron chi connectivity index (χ2n) is 10.3. The Balaban J connectivity index is 1.78. The molecule has 29 heavy (non-hydrogen) atoms. The van der Waals surface area contributed by atoms with E-state index in [1.807, 2.05) is 6.20 Å². The maximum Gasteiger partial charge on any atom is 0.498 e. The van der Waals surface area contributed by atoms with Crippen LogP contribution in [0.3, 0.4) is 0 Å². The van der Waals surface area contributed by atoms with Gasteiger partial charge in [-0.1, -0.05) is 32.1 Å². The van der Waals surface area contributed by atoms with Crippen molar-refractivity contribution in [2.75, 3.05) is 13.7 Å². The molecule has 6 heteroatoms. The summed E-state index contributed by atoms with van der Waals surface area (Å²) in [5.41, 5.74) is 1.92. The lowest BCUT2D eigenvalue weighted by molar-refractivity contribution is 0.00578. The van der Waals surface area contributed by atoms with Crippen LogP contribution in [0.15, 0.2) is 6.20 Å². The molecule has 1 aliphatic heterocycles. The van der Waals surface area contributed by atoms with Gasteiger partial charge in [0, 0.05) is 37.6 Å². The van der Waals surface area contributed by atoms with Gasteiger partial charge in [0.15, 0.2) is 0 Å². The van der Waals surface area contributed by atoms with Gasteiger partial charge < -0.3 is 14.0 Å². The third-order valence-corrected chi connectivity index (χ3v) is 7.60. The van der Waals surface area contributed by atoms with E-state index in [0.29, 0.717) is 5.41 Å². The van der Waals surface area contributed by atoms with Crippen molar-refractivity contribution in [2.24, 2.45) is 5.41 Å². The first-order valence-corrected chi connectivity index (χ1v) is 11.6. The van der Waals surface area contributed by atoms with Gasteiger partial charge in [-0.05, 0) is 65.7 Å². The van der Waals surface area contributed by atoms with Gasteiger partial charge in [-0.3, -0.25) is 4.68 Å². The lowest BCUT2D eigenvalue weighted by Crippen LogP contribution is -2.41. The van der Waals surface area contributed by atoms with Gasteiger partial charge >= 0.3 is 7.12 Å². The topological polar surface area (TPSA) is 45.5 Å². The van der Waals surface area contributed by atoms with Crippen LogP contribution in [-0.4, -0.2) is 41.8 Å². The second kappa shape index (κ2) is 9.11. The zero-order valence-corrected chi connectivity index (χ0v) is 19.6. The Hall–Kier alpha value is -0.845. The molecule has 2 fully saturated rings. The van der Waals surface area contributed by atoms with Gasteiger partial charge in [-0.2, -0.15) is 5.10 Å². The van der Waals surface area contributed by atoms with E-state index in [1.54, 1.807) is 7.11 Å². The molecule has 164 valence electrons. The number of rotatable bonds is 7. The maximum atomic E-state index is 6.28. The molecule has 1 aromatic rings. The molecule has 0 aromatic carbocycles. The van der Waals surface area contributed by atoms with Crippen molar-refractivity contribution in [1.82, 2.24) is 9.78 Å². The predicted molar refractivity (Wildman–Crippen MR) is 119 cm³/mol.